The lowest BCUT2D eigenvalue weighted by Crippen LogP contribution is -2.31. The Morgan fingerprint density at radius 1 is 0.412 bits per heavy atom. The van der Waals surface area contributed by atoms with Gasteiger partial charge in [-0.05, 0) is 113 Å². The second-order valence-electron chi connectivity index (χ2n) is 9.47. The summed E-state index contributed by atoms with van der Waals surface area (Å²) in [6.45, 7) is 0. The quantitative estimate of drug-likeness (QED) is 0.376. The minimum absolute atomic E-state index is 1.78. The van der Waals surface area contributed by atoms with E-state index in [1.165, 1.54) is 0 Å². The monoisotopic (exact) mass is 563 g/mol. The number of hydrogen-bond acceptors (Lipinski definition) is 1. The molecule has 0 radical (unpaired) electrons. The van der Waals surface area contributed by atoms with Crippen molar-refractivity contribution in [2.45, 2.75) is 0 Å². The summed E-state index contributed by atoms with van der Waals surface area (Å²) in [5.41, 5.74) is 7.03. The van der Waals surface area contributed by atoms with E-state index in [4.69, 9.17) is 23.8 Å². The molecule has 2 N–H and O–H groups in total. The van der Waals surface area contributed by atoms with Gasteiger partial charge in [-0.1, -0.05) is 0 Å². The lowest BCUT2D eigenvalue weighted by molar-refractivity contribution is 0.474. The van der Waals surface area contributed by atoms with Gasteiger partial charge in [0.05, 0.1) is 0 Å². The molecular weight excluding hydrogens is 510 g/mol. The summed E-state index contributed by atoms with van der Waals surface area (Å²) in [5.74, 6) is 0. The zero-order chi connectivity index (χ0) is 27.4. The summed E-state index contributed by atoms with van der Waals surface area (Å²) in [6, 6.07) is 0. The number of nitrogens with zero attached hydrogens (tertiary/aromatic N) is 12. The molecular formula is C17H53N13P4. The van der Waals surface area contributed by atoms with Crippen molar-refractivity contribution >= 4 is 30.0 Å². The van der Waals surface area contributed by atoms with Crippen LogP contribution >= 0.6 is 30.0 Å². The van der Waals surface area contributed by atoms with Gasteiger partial charge in [0.1, 0.15) is 0 Å². The van der Waals surface area contributed by atoms with E-state index in [0.29, 0.717) is 0 Å². The van der Waals surface area contributed by atoms with Crippen molar-refractivity contribution in [2.75, 3.05) is 120 Å². The van der Waals surface area contributed by atoms with Crippen LogP contribution in [-0.4, -0.2) is 157 Å². The average Bonchev–Trinajstić information content (AvgIpc) is 2.67. The Morgan fingerprint density at radius 2 is 0.647 bits per heavy atom. The van der Waals surface area contributed by atoms with E-state index in [1.807, 2.05) is 37.5 Å². The molecule has 0 atom stereocenters. The van der Waals surface area contributed by atoms with Crippen LogP contribution in [0.5, 0.6) is 0 Å². The van der Waals surface area contributed by atoms with E-state index in [9.17, 15) is 0 Å². The van der Waals surface area contributed by atoms with Gasteiger partial charge in [-0.15, -0.1) is 0 Å². The lowest BCUT2D eigenvalue weighted by atomic mass is 11.2. The molecule has 0 aromatic carbocycles. The Morgan fingerprint density at radius 3 is 0.794 bits per heavy atom. The second kappa shape index (κ2) is 12.9. The van der Waals surface area contributed by atoms with E-state index in [-0.39, 0.29) is 0 Å². The molecule has 0 aliphatic carbocycles. The van der Waals surface area contributed by atoms with Crippen molar-refractivity contribution < 1.29 is 0 Å². The summed E-state index contributed by atoms with van der Waals surface area (Å²) in [6.07, 6.45) is 0. The van der Waals surface area contributed by atoms with Crippen LogP contribution in [0.3, 0.4) is 0 Å². The van der Waals surface area contributed by atoms with E-state index in [1.54, 1.807) is 7.05 Å². The van der Waals surface area contributed by atoms with E-state index < -0.39 is 30.0 Å². The maximum absolute atomic E-state index is 7.03. The Kier molecular flexibility index (Phi) is 13.1. The lowest BCUT2D eigenvalue weighted by Gasteiger charge is -2.44. The molecule has 0 saturated carbocycles. The van der Waals surface area contributed by atoms with Crippen LogP contribution in [0.1, 0.15) is 0 Å². The van der Waals surface area contributed by atoms with Crippen molar-refractivity contribution in [3.63, 3.8) is 0 Å². The first-order chi connectivity index (χ1) is 15.2. The molecule has 0 unspecified atom stereocenters. The van der Waals surface area contributed by atoms with Crippen LogP contribution in [0.25, 0.3) is 0 Å². The van der Waals surface area contributed by atoms with Gasteiger partial charge >= 0.3 is 7.51 Å². The molecule has 34 heavy (non-hydrogen) atoms. The predicted molar refractivity (Wildman–Crippen MR) is 157 cm³/mol. The second-order valence-corrected chi connectivity index (χ2v) is 22.9. The normalized spacial score (nSPS) is 14.5. The summed E-state index contributed by atoms with van der Waals surface area (Å²) < 4.78 is 38.4. The molecule has 0 saturated heterocycles. The predicted octanol–water partition coefficient (Wildman–Crippen LogP) is 3.85. The molecule has 0 heterocycles. The standard InChI is InChI=1S/C17H53N13P4/c1-19-32(20-31(18,23(2)3)24(4)5,21-33(25(6)7,26(8)9)27(10)11)22-34(28(12)13,29(14)15)30(16)17/h18H2,1-17H3. The molecule has 0 bridgehead atoms. The van der Waals surface area contributed by atoms with Gasteiger partial charge < -0.3 is 0 Å². The number of rotatable bonds is 11. The van der Waals surface area contributed by atoms with Crippen molar-refractivity contribution in [2.24, 2.45) is 23.8 Å². The fraction of sp³-hybridized carbons (Fsp3) is 1.00. The molecule has 206 valence electrons. The van der Waals surface area contributed by atoms with Crippen molar-refractivity contribution in [1.82, 2.24) is 37.4 Å². The highest BCUT2D eigenvalue weighted by molar-refractivity contribution is 7.80. The van der Waals surface area contributed by atoms with Gasteiger partial charge in [0.2, 0.25) is 0 Å². The SMILES string of the molecule is CN=P(N=P(N)(N(C)C)N(C)C)(N=P(N(C)C)(N(C)C)N(C)C)N=P(N(C)C)(N(C)C)N(C)C. The molecule has 13 nitrogen and oxygen atoms in total. The topological polar surface area (TPSA) is 101 Å². The third kappa shape index (κ3) is 6.70. The third-order valence-electron chi connectivity index (χ3n) is 5.40. The molecule has 0 aliphatic rings. The fourth-order valence-corrected chi connectivity index (χ4v) is 20.3. The van der Waals surface area contributed by atoms with Crippen LogP contribution in [0.15, 0.2) is 18.3 Å². The minimum atomic E-state index is -3.08. The summed E-state index contributed by atoms with van der Waals surface area (Å²) >= 11 is 0. The molecule has 0 amide bonds. The summed E-state index contributed by atoms with van der Waals surface area (Å²) in [4.78, 5) is 0. The summed E-state index contributed by atoms with van der Waals surface area (Å²) in [5, 5.41) is 0. The fourth-order valence-electron chi connectivity index (χ4n) is 3.82. The summed E-state index contributed by atoms with van der Waals surface area (Å²) in [7, 11) is 23.8. The van der Waals surface area contributed by atoms with E-state index in [2.05, 4.69) is 113 Å². The van der Waals surface area contributed by atoms with E-state index in [0.717, 1.165) is 0 Å². The Balaban J connectivity index is 8.53. The van der Waals surface area contributed by atoms with Crippen LogP contribution in [0.4, 0.5) is 0 Å². The van der Waals surface area contributed by atoms with Gasteiger partial charge in [0.15, 0.2) is 22.5 Å². The van der Waals surface area contributed by atoms with Crippen molar-refractivity contribution in [3.8, 4) is 0 Å². The highest BCUT2D eigenvalue weighted by atomic mass is 31.3. The van der Waals surface area contributed by atoms with Gasteiger partial charge in [-0.3, -0.25) is 42.9 Å². The van der Waals surface area contributed by atoms with Crippen LogP contribution < -0.4 is 5.50 Å². The first kappa shape index (κ1) is 34.6. The van der Waals surface area contributed by atoms with Gasteiger partial charge in [0, 0.05) is 7.05 Å². The van der Waals surface area contributed by atoms with Crippen molar-refractivity contribution in [1.29, 1.82) is 0 Å². The zero-order valence-electron chi connectivity index (χ0n) is 24.7. The van der Waals surface area contributed by atoms with Gasteiger partial charge in [0.25, 0.3) is 0 Å². The van der Waals surface area contributed by atoms with Crippen LogP contribution in [0, 0.1) is 0 Å². The number of hydrogen-bond donors (Lipinski definition) is 1. The number of nitrogens with two attached hydrogens (primary N) is 1. The van der Waals surface area contributed by atoms with Gasteiger partial charge in [-0.25, -0.2) is 4.74 Å². The smallest absolute Gasteiger partial charge is 0.273 e. The average molecular weight is 564 g/mol. The molecule has 17 heteroatoms. The maximum atomic E-state index is 7.03. The van der Waals surface area contributed by atoms with Gasteiger partial charge in [-0.2, -0.15) is 13.5 Å². The molecule has 0 aliphatic heterocycles. The third-order valence-corrected chi connectivity index (χ3v) is 20.6. The first-order valence-corrected chi connectivity index (χ1v) is 17.4. The van der Waals surface area contributed by atoms with Crippen LogP contribution in [0.2, 0.25) is 0 Å². The Bertz CT molecular complexity index is 771. The van der Waals surface area contributed by atoms with E-state index >= 15 is 0 Å². The molecule has 0 aromatic rings. The first-order valence-electron chi connectivity index (χ1n) is 10.9. The molecule has 0 fully saturated rings. The Hall–Kier alpha value is 0.560. The zero-order valence-corrected chi connectivity index (χ0v) is 28.3. The molecule has 0 aromatic heterocycles. The highest BCUT2D eigenvalue weighted by Gasteiger charge is 2.39. The Labute approximate surface area is 211 Å². The maximum Gasteiger partial charge on any atom is 0.306 e. The van der Waals surface area contributed by atoms with Crippen molar-refractivity contribution in [3.05, 3.63) is 0 Å². The molecule has 0 spiro atoms. The molecule has 0 rings (SSSR count). The largest absolute Gasteiger partial charge is 0.306 e. The minimum Gasteiger partial charge on any atom is -0.273 e. The van der Waals surface area contributed by atoms with Crippen LogP contribution in [-0.2, 0) is 0 Å². The highest BCUT2D eigenvalue weighted by Crippen LogP contribution is 2.76.